The Hall–Kier alpha value is -0.450. The molecule has 2 rings (SSSR count). The molecule has 0 saturated carbocycles. The highest BCUT2D eigenvalue weighted by atomic mass is 79.9. The van der Waals surface area contributed by atoms with Crippen molar-refractivity contribution in [2.45, 2.75) is 0 Å². The third-order valence-corrected chi connectivity index (χ3v) is 3.44. The van der Waals surface area contributed by atoms with Crippen LogP contribution in [0.3, 0.4) is 0 Å². The summed E-state index contributed by atoms with van der Waals surface area (Å²) in [7, 11) is 0. The van der Waals surface area contributed by atoms with E-state index in [1.807, 2.05) is 12.1 Å². The summed E-state index contributed by atoms with van der Waals surface area (Å²) in [5.41, 5.74) is 7.61. The molecule has 0 spiro atoms. The quantitative estimate of drug-likeness (QED) is 0.808. The van der Waals surface area contributed by atoms with Gasteiger partial charge in [0.05, 0.1) is 29.6 Å². The van der Waals surface area contributed by atoms with Crippen LogP contribution in [0.4, 0.5) is 11.4 Å². The number of hydrogen-bond acceptors (Lipinski definition) is 3. The number of halogens is 2. The van der Waals surface area contributed by atoms with E-state index in [9.17, 15) is 0 Å². The molecule has 2 N–H and O–H groups in total. The predicted molar refractivity (Wildman–Crippen MR) is 66.6 cm³/mol. The van der Waals surface area contributed by atoms with E-state index in [4.69, 9.17) is 22.1 Å². The second-order valence-corrected chi connectivity index (χ2v) is 4.65. The molecule has 5 heteroatoms. The monoisotopic (exact) mass is 290 g/mol. The van der Waals surface area contributed by atoms with E-state index >= 15 is 0 Å². The number of ether oxygens (including phenoxy) is 1. The molecule has 0 aliphatic carbocycles. The molecule has 1 fully saturated rings. The first-order valence-electron chi connectivity index (χ1n) is 4.76. The van der Waals surface area contributed by atoms with Crippen molar-refractivity contribution in [3.63, 3.8) is 0 Å². The molecule has 0 atom stereocenters. The number of rotatable bonds is 1. The smallest absolute Gasteiger partial charge is 0.0802 e. The second kappa shape index (κ2) is 4.60. The van der Waals surface area contributed by atoms with Crippen LogP contribution in [0.2, 0.25) is 5.02 Å². The van der Waals surface area contributed by atoms with Gasteiger partial charge in [0, 0.05) is 17.6 Å². The number of nitrogen functional groups attached to an aromatic ring is 1. The van der Waals surface area contributed by atoms with Crippen LogP contribution in [0.25, 0.3) is 0 Å². The average Bonchev–Trinajstić information content (AvgIpc) is 2.26. The molecule has 0 bridgehead atoms. The van der Waals surface area contributed by atoms with Crippen molar-refractivity contribution in [1.29, 1.82) is 0 Å². The molecule has 0 aromatic heterocycles. The summed E-state index contributed by atoms with van der Waals surface area (Å²) in [4.78, 5) is 2.16. The Balaban J connectivity index is 2.36. The third-order valence-electron chi connectivity index (χ3n) is 2.44. The molecule has 1 aliphatic heterocycles. The first kappa shape index (κ1) is 11.0. The largest absolute Gasteiger partial charge is 0.396 e. The van der Waals surface area contributed by atoms with Gasteiger partial charge in [-0.25, -0.2) is 0 Å². The van der Waals surface area contributed by atoms with Crippen molar-refractivity contribution in [3.05, 3.63) is 21.6 Å². The fourth-order valence-electron chi connectivity index (χ4n) is 1.67. The Morgan fingerprint density at radius 2 is 2.00 bits per heavy atom. The Morgan fingerprint density at radius 1 is 1.33 bits per heavy atom. The topological polar surface area (TPSA) is 38.5 Å². The normalized spacial score (nSPS) is 16.8. The number of benzene rings is 1. The zero-order valence-corrected chi connectivity index (χ0v) is 10.5. The number of nitrogens with two attached hydrogens (primary N) is 1. The van der Waals surface area contributed by atoms with Crippen LogP contribution < -0.4 is 10.6 Å². The van der Waals surface area contributed by atoms with E-state index in [-0.39, 0.29) is 0 Å². The number of nitrogens with zero attached hydrogens (tertiary/aromatic N) is 1. The molecule has 1 aromatic rings. The van der Waals surface area contributed by atoms with Gasteiger partial charge in [0.1, 0.15) is 0 Å². The second-order valence-electron chi connectivity index (χ2n) is 3.39. The molecule has 1 aliphatic rings. The maximum atomic E-state index is 6.15. The van der Waals surface area contributed by atoms with E-state index in [2.05, 4.69) is 20.8 Å². The maximum absolute atomic E-state index is 6.15. The van der Waals surface area contributed by atoms with Crippen molar-refractivity contribution in [3.8, 4) is 0 Å². The van der Waals surface area contributed by atoms with Gasteiger partial charge < -0.3 is 15.4 Å². The molecular weight excluding hydrogens is 279 g/mol. The lowest BCUT2D eigenvalue weighted by molar-refractivity contribution is 0.123. The van der Waals surface area contributed by atoms with E-state index in [0.29, 0.717) is 10.7 Å². The Bertz CT molecular complexity index is 367. The van der Waals surface area contributed by atoms with Gasteiger partial charge in [0.25, 0.3) is 0 Å². The highest BCUT2D eigenvalue weighted by Crippen LogP contribution is 2.37. The molecule has 0 unspecified atom stereocenters. The highest BCUT2D eigenvalue weighted by molar-refractivity contribution is 9.10. The van der Waals surface area contributed by atoms with Crippen molar-refractivity contribution in [1.82, 2.24) is 0 Å². The molecule has 1 aromatic carbocycles. The molecule has 82 valence electrons. The Morgan fingerprint density at radius 3 is 2.67 bits per heavy atom. The van der Waals surface area contributed by atoms with Crippen LogP contribution >= 0.6 is 27.5 Å². The number of anilines is 2. The first-order valence-corrected chi connectivity index (χ1v) is 5.93. The minimum Gasteiger partial charge on any atom is -0.396 e. The van der Waals surface area contributed by atoms with Crippen molar-refractivity contribution >= 4 is 38.9 Å². The lowest BCUT2D eigenvalue weighted by Gasteiger charge is -2.30. The van der Waals surface area contributed by atoms with Gasteiger partial charge in [-0.15, -0.1) is 0 Å². The summed E-state index contributed by atoms with van der Waals surface area (Å²) in [6.45, 7) is 3.12. The lowest BCUT2D eigenvalue weighted by atomic mass is 10.2. The number of hydrogen-bond donors (Lipinski definition) is 1. The molecule has 1 saturated heterocycles. The third kappa shape index (κ3) is 2.22. The highest BCUT2D eigenvalue weighted by Gasteiger charge is 2.18. The first-order chi connectivity index (χ1) is 7.20. The van der Waals surface area contributed by atoms with Gasteiger partial charge in [-0.3, -0.25) is 0 Å². The van der Waals surface area contributed by atoms with Crippen LogP contribution in [-0.4, -0.2) is 26.3 Å². The predicted octanol–water partition coefficient (Wildman–Crippen LogP) is 2.52. The number of morpholine rings is 1. The molecule has 3 nitrogen and oxygen atoms in total. The van der Waals surface area contributed by atoms with Crippen molar-refractivity contribution in [2.24, 2.45) is 0 Å². The maximum Gasteiger partial charge on any atom is 0.0802 e. The standard InChI is InChI=1S/C10H12BrClN2O/c11-7-1-2-8(12)10(9(7)13)14-3-5-15-6-4-14/h1-2H,3-6,13H2. The fraction of sp³-hybridized carbons (Fsp3) is 0.400. The molecule has 15 heavy (non-hydrogen) atoms. The summed E-state index contributed by atoms with van der Waals surface area (Å²) < 4.78 is 6.18. The molecule has 1 heterocycles. The average molecular weight is 292 g/mol. The molecule has 0 amide bonds. The van der Waals surface area contributed by atoms with Gasteiger partial charge in [-0.05, 0) is 28.1 Å². The van der Waals surface area contributed by atoms with Crippen molar-refractivity contribution < 1.29 is 4.74 Å². The summed E-state index contributed by atoms with van der Waals surface area (Å²) >= 11 is 9.56. The minimum absolute atomic E-state index is 0.692. The van der Waals surface area contributed by atoms with Gasteiger partial charge in [0.15, 0.2) is 0 Å². The van der Waals surface area contributed by atoms with Crippen LogP contribution in [-0.2, 0) is 4.74 Å². The zero-order valence-electron chi connectivity index (χ0n) is 8.17. The van der Waals surface area contributed by atoms with E-state index in [0.717, 1.165) is 36.5 Å². The molecular formula is C10H12BrClN2O. The van der Waals surface area contributed by atoms with Crippen LogP contribution in [0, 0.1) is 0 Å². The van der Waals surface area contributed by atoms with Crippen LogP contribution in [0.15, 0.2) is 16.6 Å². The van der Waals surface area contributed by atoms with E-state index in [1.165, 1.54) is 0 Å². The van der Waals surface area contributed by atoms with Crippen LogP contribution in [0.1, 0.15) is 0 Å². The van der Waals surface area contributed by atoms with Crippen molar-refractivity contribution in [2.75, 3.05) is 36.9 Å². The van der Waals surface area contributed by atoms with Crippen LogP contribution in [0.5, 0.6) is 0 Å². The molecule has 0 radical (unpaired) electrons. The van der Waals surface area contributed by atoms with Gasteiger partial charge in [-0.1, -0.05) is 11.6 Å². The summed E-state index contributed by atoms with van der Waals surface area (Å²) in [6, 6.07) is 3.72. The van der Waals surface area contributed by atoms with E-state index < -0.39 is 0 Å². The SMILES string of the molecule is Nc1c(Br)ccc(Cl)c1N1CCOCC1. The fourth-order valence-corrected chi connectivity index (χ4v) is 2.27. The Labute approximate surface area is 102 Å². The van der Waals surface area contributed by atoms with Gasteiger partial charge in [-0.2, -0.15) is 0 Å². The summed E-state index contributed by atoms with van der Waals surface area (Å²) in [5.74, 6) is 0. The zero-order chi connectivity index (χ0) is 10.8. The summed E-state index contributed by atoms with van der Waals surface area (Å²) in [5, 5.41) is 0.692. The van der Waals surface area contributed by atoms with E-state index in [1.54, 1.807) is 0 Å². The van der Waals surface area contributed by atoms with Gasteiger partial charge >= 0.3 is 0 Å². The Kier molecular flexibility index (Phi) is 3.38. The lowest BCUT2D eigenvalue weighted by Crippen LogP contribution is -2.36. The minimum atomic E-state index is 0.692. The van der Waals surface area contributed by atoms with Gasteiger partial charge in [0.2, 0.25) is 0 Å². The summed E-state index contributed by atoms with van der Waals surface area (Å²) in [6.07, 6.45) is 0.